The predicted octanol–water partition coefficient (Wildman–Crippen LogP) is 5.16. The average Bonchev–Trinajstić information content (AvgIpc) is 2.36. The van der Waals surface area contributed by atoms with Crippen molar-refractivity contribution in [3.63, 3.8) is 0 Å². The monoisotopic (exact) mass is 376 g/mol. The SMILES string of the molecule is Cc1cnc(Oc2cc(Cl)c(Cl)cc2[N+](=O)[O-])c(Br)c1. The Labute approximate surface area is 132 Å². The molecule has 104 valence electrons. The van der Waals surface area contributed by atoms with Gasteiger partial charge in [0.25, 0.3) is 0 Å². The molecule has 5 nitrogen and oxygen atoms in total. The van der Waals surface area contributed by atoms with Crippen molar-refractivity contribution in [1.82, 2.24) is 4.98 Å². The number of nitro groups is 1. The Morgan fingerprint density at radius 1 is 1.30 bits per heavy atom. The van der Waals surface area contributed by atoms with E-state index in [4.69, 9.17) is 27.9 Å². The molecule has 0 aliphatic rings. The van der Waals surface area contributed by atoms with Gasteiger partial charge in [-0.05, 0) is 34.5 Å². The summed E-state index contributed by atoms with van der Waals surface area (Å²) < 4.78 is 6.03. The van der Waals surface area contributed by atoms with E-state index in [1.807, 2.05) is 6.92 Å². The normalized spacial score (nSPS) is 10.4. The Morgan fingerprint density at radius 2 is 1.95 bits per heavy atom. The van der Waals surface area contributed by atoms with Gasteiger partial charge in [0.2, 0.25) is 11.6 Å². The summed E-state index contributed by atoms with van der Waals surface area (Å²) in [6, 6.07) is 4.21. The first kappa shape index (κ1) is 15.0. The van der Waals surface area contributed by atoms with E-state index < -0.39 is 4.92 Å². The molecule has 1 aromatic carbocycles. The Kier molecular flexibility index (Phi) is 4.47. The number of nitrogens with zero attached hydrogens (tertiary/aromatic N) is 2. The number of hydrogen-bond acceptors (Lipinski definition) is 4. The van der Waals surface area contributed by atoms with Crippen LogP contribution in [-0.2, 0) is 0 Å². The van der Waals surface area contributed by atoms with Gasteiger partial charge in [-0.15, -0.1) is 0 Å². The second-order valence-corrected chi connectivity index (χ2v) is 5.56. The summed E-state index contributed by atoms with van der Waals surface area (Å²) >= 11 is 14.9. The lowest BCUT2D eigenvalue weighted by molar-refractivity contribution is -0.385. The number of aryl methyl sites for hydroxylation is 1. The molecule has 0 spiro atoms. The van der Waals surface area contributed by atoms with Crippen molar-refractivity contribution in [3.05, 3.63) is 54.6 Å². The van der Waals surface area contributed by atoms with Crippen LogP contribution in [0.3, 0.4) is 0 Å². The van der Waals surface area contributed by atoms with Gasteiger partial charge in [0, 0.05) is 18.3 Å². The van der Waals surface area contributed by atoms with E-state index >= 15 is 0 Å². The van der Waals surface area contributed by atoms with Crippen LogP contribution in [0, 0.1) is 17.0 Å². The van der Waals surface area contributed by atoms with Crippen LogP contribution in [0.25, 0.3) is 0 Å². The molecule has 2 aromatic rings. The molecular weight excluding hydrogens is 371 g/mol. The molecule has 0 aliphatic heterocycles. The summed E-state index contributed by atoms with van der Waals surface area (Å²) in [5.41, 5.74) is 0.640. The Bertz CT molecular complexity index is 695. The Hall–Kier alpha value is -1.37. The van der Waals surface area contributed by atoms with Crippen LogP contribution >= 0.6 is 39.1 Å². The highest BCUT2D eigenvalue weighted by Crippen LogP contribution is 2.39. The molecule has 0 saturated heterocycles. The highest BCUT2D eigenvalue weighted by molar-refractivity contribution is 9.10. The summed E-state index contributed by atoms with van der Waals surface area (Å²) in [4.78, 5) is 14.5. The van der Waals surface area contributed by atoms with Gasteiger partial charge >= 0.3 is 5.69 Å². The van der Waals surface area contributed by atoms with Crippen LogP contribution in [0.1, 0.15) is 5.56 Å². The lowest BCUT2D eigenvalue weighted by Crippen LogP contribution is -1.96. The first-order valence-corrected chi connectivity index (χ1v) is 6.87. The highest BCUT2D eigenvalue weighted by Gasteiger charge is 2.20. The second-order valence-electron chi connectivity index (χ2n) is 3.89. The van der Waals surface area contributed by atoms with E-state index in [-0.39, 0.29) is 27.4 Å². The van der Waals surface area contributed by atoms with Gasteiger partial charge in [-0.3, -0.25) is 10.1 Å². The molecule has 20 heavy (non-hydrogen) atoms. The molecule has 0 unspecified atom stereocenters. The summed E-state index contributed by atoms with van der Waals surface area (Å²) in [5, 5.41) is 11.3. The molecule has 0 saturated carbocycles. The summed E-state index contributed by atoms with van der Waals surface area (Å²) in [7, 11) is 0. The third kappa shape index (κ3) is 3.20. The van der Waals surface area contributed by atoms with Gasteiger partial charge in [-0.25, -0.2) is 4.98 Å². The second kappa shape index (κ2) is 5.95. The summed E-state index contributed by atoms with van der Waals surface area (Å²) in [6.45, 7) is 1.86. The van der Waals surface area contributed by atoms with Crippen molar-refractivity contribution in [2.75, 3.05) is 0 Å². The van der Waals surface area contributed by atoms with Crippen molar-refractivity contribution in [3.8, 4) is 11.6 Å². The van der Waals surface area contributed by atoms with Crippen molar-refractivity contribution in [2.45, 2.75) is 6.92 Å². The number of aromatic nitrogens is 1. The van der Waals surface area contributed by atoms with Crippen LogP contribution in [-0.4, -0.2) is 9.91 Å². The molecule has 2 rings (SSSR count). The third-order valence-electron chi connectivity index (χ3n) is 2.35. The third-order valence-corrected chi connectivity index (χ3v) is 3.64. The van der Waals surface area contributed by atoms with E-state index in [9.17, 15) is 10.1 Å². The van der Waals surface area contributed by atoms with Crippen molar-refractivity contribution in [1.29, 1.82) is 0 Å². The minimum atomic E-state index is -0.598. The molecule has 0 atom stereocenters. The maximum absolute atomic E-state index is 11.0. The van der Waals surface area contributed by atoms with Crippen molar-refractivity contribution >= 4 is 44.8 Å². The predicted molar refractivity (Wildman–Crippen MR) is 79.9 cm³/mol. The average molecular weight is 378 g/mol. The van der Waals surface area contributed by atoms with Gasteiger partial charge in [0.05, 0.1) is 19.4 Å². The van der Waals surface area contributed by atoms with Gasteiger partial charge < -0.3 is 4.74 Å². The summed E-state index contributed by atoms with van der Waals surface area (Å²) in [5.74, 6) is 0.179. The molecule has 1 heterocycles. The van der Waals surface area contributed by atoms with Gasteiger partial charge in [-0.1, -0.05) is 23.2 Å². The number of halogens is 3. The first-order valence-electron chi connectivity index (χ1n) is 5.32. The minimum Gasteiger partial charge on any atom is -0.431 e. The lowest BCUT2D eigenvalue weighted by atomic mass is 10.3. The smallest absolute Gasteiger partial charge is 0.313 e. The van der Waals surface area contributed by atoms with E-state index in [1.165, 1.54) is 6.07 Å². The van der Waals surface area contributed by atoms with Crippen LogP contribution in [0.15, 0.2) is 28.9 Å². The van der Waals surface area contributed by atoms with Crippen molar-refractivity contribution in [2.24, 2.45) is 0 Å². The van der Waals surface area contributed by atoms with E-state index in [1.54, 1.807) is 12.3 Å². The topological polar surface area (TPSA) is 65.3 Å². The van der Waals surface area contributed by atoms with Crippen LogP contribution < -0.4 is 4.74 Å². The van der Waals surface area contributed by atoms with Gasteiger partial charge in [0.15, 0.2) is 0 Å². The molecule has 8 heteroatoms. The van der Waals surface area contributed by atoms with Gasteiger partial charge in [0.1, 0.15) is 0 Å². The maximum Gasteiger partial charge on any atom is 0.313 e. The van der Waals surface area contributed by atoms with Crippen molar-refractivity contribution < 1.29 is 9.66 Å². The maximum atomic E-state index is 11.0. The zero-order valence-corrected chi connectivity index (χ0v) is 13.2. The van der Waals surface area contributed by atoms with E-state index in [0.717, 1.165) is 11.6 Å². The highest BCUT2D eigenvalue weighted by atomic mass is 79.9. The van der Waals surface area contributed by atoms with Crippen LogP contribution in [0.4, 0.5) is 5.69 Å². The fraction of sp³-hybridized carbons (Fsp3) is 0.0833. The molecule has 0 aliphatic carbocycles. The molecule has 0 radical (unpaired) electrons. The number of ether oxygens (including phenoxy) is 1. The van der Waals surface area contributed by atoms with E-state index in [2.05, 4.69) is 20.9 Å². The van der Waals surface area contributed by atoms with Gasteiger partial charge in [-0.2, -0.15) is 0 Å². The Morgan fingerprint density at radius 3 is 2.55 bits per heavy atom. The number of hydrogen-bond donors (Lipinski definition) is 0. The van der Waals surface area contributed by atoms with Crippen LogP contribution in [0.5, 0.6) is 11.6 Å². The first-order chi connectivity index (χ1) is 9.38. The number of benzene rings is 1. The number of nitro benzene ring substituents is 1. The summed E-state index contributed by atoms with van der Waals surface area (Å²) in [6.07, 6.45) is 1.59. The lowest BCUT2D eigenvalue weighted by Gasteiger charge is -2.08. The Balaban J connectivity index is 2.47. The zero-order valence-electron chi connectivity index (χ0n) is 10.1. The molecule has 1 aromatic heterocycles. The molecule has 0 N–H and O–H groups in total. The number of rotatable bonds is 3. The van der Waals surface area contributed by atoms with E-state index in [0.29, 0.717) is 4.47 Å². The fourth-order valence-electron chi connectivity index (χ4n) is 1.44. The minimum absolute atomic E-state index is 0.0264. The number of pyridine rings is 1. The quantitative estimate of drug-likeness (QED) is 0.547. The molecule has 0 amide bonds. The standard InChI is InChI=1S/C12H7BrCl2N2O3/c1-6-2-7(13)12(16-5-6)20-11-4-9(15)8(14)3-10(11)17(18)19/h2-5H,1H3. The molecular formula is C12H7BrCl2N2O3. The van der Waals surface area contributed by atoms with Crippen LogP contribution in [0.2, 0.25) is 10.0 Å². The molecule has 0 bridgehead atoms. The fourth-order valence-corrected chi connectivity index (χ4v) is 2.30. The molecule has 0 fully saturated rings. The largest absolute Gasteiger partial charge is 0.431 e. The zero-order chi connectivity index (χ0) is 14.9.